The summed E-state index contributed by atoms with van der Waals surface area (Å²) in [4.78, 5) is 17.7. The summed E-state index contributed by atoms with van der Waals surface area (Å²) in [6.07, 6.45) is 10.5. The quantitative estimate of drug-likeness (QED) is 0.796. The largest absolute Gasteiger partial charge is 0.381 e. The minimum absolute atomic E-state index is 0.333. The first-order valence-electron chi connectivity index (χ1n) is 10.4. The third kappa shape index (κ3) is 3.80. The molecule has 0 aromatic heterocycles. The summed E-state index contributed by atoms with van der Waals surface area (Å²) in [5.74, 6) is 3.31. The number of piperazine rings is 1. The van der Waals surface area contributed by atoms with Crippen LogP contribution in [0.3, 0.4) is 0 Å². The summed E-state index contributed by atoms with van der Waals surface area (Å²) in [6, 6.07) is 0. The van der Waals surface area contributed by atoms with E-state index in [-0.39, 0.29) is 0 Å². The van der Waals surface area contributed by atoms with Crippen molar-refractivity contribution in [2.75, 3.05) is 45.9 Å². The van der Waals surface area contributed by atoms with Gasteiger partial charge in [0.1, 0.15) is 0 Å². The van der Waals surface area contributed by atoms with E-state index in [4.69, 9.17) is 4.74 Å². The zero-order chi connectivity index (χ0) is 16.4. The van der Waals surface area contributed by atoms with Gasteiger partial charge in [-0.25, -0.2) is 0 Å². The summed E-state index contributed by atoms with van der Waals surface area (Å²) >= 11 is 0. The Morgan fingerprint density at radius 1 is 0.917 bits per heavy atom. The number of fused-ring (bicyclic) bond motifs is 1. The predicted octanol–water partition coefficient (Wildman–Crippen LogP) is 2.77. The highest BCUT2D eigenvalue weighted by Gasteiger charge is 2.37. The van der Waals surface area contributed by atoms with Gasteiger partial charge in [-0.05, 0) is 43.4 Å². The van der Waals surface area contributed by atoms with Crippen LogP contribution in [-0.4, -0.2) is 61.6 Å². The number of hydrogen-bond donors (Lipinski definition) is 0. The van der Waals surface area contributed by atoms with E-state index in [1.165, 1.54) is 44.9 Å². The molecule has 2 aliphatic carbocycles. The van der Waals surface area contributed by atoms with Crippen molar-refractivity contribution in [1.29, 1.82) is 0 Å². The van der Waals surface area contributed by atoms with Crippen LogP contribution in [0.5, 0.6) is 0 Å². The van der Waals surface area contributed by atoms with Crippen molar-refractivity contribution in [2.45, 2.75) is 51.4 Å². The van der Waals surface area contributed by atoms with Gasteiger partial charge in [0.15, 0.2) is 0 Å². The molecule has 0 bridgehead atoms. The molecule has 4 fully saturated rings. The fourth-order valence-corrected chi connectivity index (χ4v) is 5.60. The second kappa shape index (κ2) is 7.74. The highest BCUT2D eigenvalue weighted by molar-refractivity contribution is 5.79. The molecule has 2 heterocycles. The van der Waals surface area contributed by atoms with Crippen LogP contribution in [0.1, 0.15) is 51.4 Å². The van der Waals surface area contributed by atoms with Crippen molar-refractivity contribution < 1.29 is 9.53 Å². The first-order valence-corrected chi connectivity index (χ1v) is 10.4. The maximum Gasteiger partial charge on any atom is 0.225 e. The van der Waals surface area contributed by atoms with Crippen molar-refractivity contribution >= 4 is 5.91 Å². The molecule has 0 radical (unpaired) electrons. The second-order valence-corrected chi connectivity index (χ2v) is 8.67. The number of hydrogen-bond acceptors (Lipinski definition) is 3. The molecule has 2 saturated heterocycles. The van der Waals surface area contributed by atoms with Crippen LogP contribution in [0.15, 0.2) is 0 Å². The molecule has 0 spiro atoms. The zero-order valence-corrected chi connectivity index (χ0v) is 15.1. The van der Waals surface area contributed by atoms with Gasteiger partial charge in [0.2, 0.25) is 5.91 Å². The summed E-state index contributed by atoms with van der Waals surface area (Å²) in [5, 5.41) is 0. The molecule has 0 unspecified atom stereocenters. The van der Waals surface area contributed by atoms with Gasteiger partial charge >= 0.3 is 0 Å². The van der Waals surface area contributed by atoms with Crippen LogP contribution in [0.2, 0.25) is 0 Å². The van der Waals surface area contributed by atoms with E-state index in [9.17, 15) is 4.79 Å². The number of ether oxygens (including phenoxy) is 1. The molecular weight excluding hydrogens is 300 g/mol. The zero-order valence-electron chi connectivity index (χ0n) is 15.1. The Hall–Kier alpha value is -0.610. The van der Waals surface area contributed by atoms with Crippen molar-refractivity contribution in [3.05, 3.63) is 0 Å². The van der Waals surface area contributed by atoms with Crippen LogP contribution in [0, 0.1) is 23.7 Å². The number of amides is 1. The Bertz CT molecular complexity index is 427. The van der Waals surface area contributed by atoms with Gasteiger partial charge in [0.25, 0.3) is 0 Å². The van der Waals surface area contributed by atoms with Gasteiger partial charge in [-0.3, -0.25) is 9.69 Å². The topological polar surface area (TPSA) is 32.8 Å². The maximum atomic E-state index is 13.0. The minimum atomic E-state index is 0.333. The molecule has 4 heteroatoms. The molecule has 24 heavy (non-hydrogen) atoms. The molecule has 4 aliphatic rings. The number of rotatable bonds is 3. The first kappa shape index (κ1) is 16.8. The highest BCUT2D eigenvalue weighted by atomic mass is 16.5. The summed E-state index contributed by atoms with van der Waals surface area (Å²) in [5.41, 5.74) is 0. The Labute approximate surface area is 146 Å². The number of nitrogens with zero attached hydrogens (tertiary/aromatic N) is 2. The van der Waals surface area contributed by atoms with E-state index in [1.807, 2.05) is 0 Å². The van der Waals surface area contributed by atoms with Crippen molar-refractivity contribution in [3.8, 4) is 0 Å². The lowest BCUT2D eigenvalue weighted by Crippen LogP contribution is -2.52. The van der Waals surface area contributed by atoms with Crippen LogP contribution in [0.4, 0.5) is 0 Å². The Kier molecular flexibility index (Phi) is 5.43. The van der Waals surface area contributed by atoms with E-state index in [0.717, 1.165) is 64.2 Å². The fraction of sp³-hybridized carbons (Fsp3) is 0.950. The molecule has 4 nitrogen and oxygen atoms in total. The smallest absolute Gasteiger partial charge is 0.225 e. The molecule has 1 amide bonds. The number of carbonyl (C=O) groups excluding carboxylic acids is 1. The highest BCUT2D eigenvalue weighted by Crippen LogP contribution is 2.43. The average molecular weight is 335 g/mol. The van der Waals surface area contributed by atoms with Gasteiger partial charge in [-0.2, -0.15) is 0 Å². The van der Waals surface area contributed by atoms with Crippen molar-refractivity contribution in [3.63, 3.8) is 0 Å². The second-order valence-electron chi connectivity index (χ2n) is 8.67. The van der Waals surface area contributed by atoms with Crippen LogP contribution in [0.25, 0.3) is 0 Å². The molecule has 0 aromatic carbocycles. The van der Waals surface area contributed by atoms with Crippen molar-refractivity contribution in [1.82, 2.24) is 9.80 Å². The first-order chi connectivity index (χ1) is 11.8. The Morgan fingerprint density at radius 2 is 1.71 bits per heavy atom. The lowest BCUT2D eigenvalue weighted by atomic mass is 9.67. The van der Waals surface area contributed by atoms with E-state index >= 15 is 0 Å². The Morgan fingerprint density at radius 3 is 2.46 bits per heavy atom. The molecule has 4 atom stereocenters. The van der Waals surface area contributed by atoms with E-state index in [0.29, 0.717) is 17.7 Å². The molecule has 2 aliphatic heterocycles. The van der Waals surface area contributed by atoms with Gasteiger partial charge in [-0.15, -0.1) is 0 Å². The van der Waals surface area contributed by atoms with E-state index < -0.39 is 0 Å². The molecular formula is C20H34N2O2. The number of carbonyl (C=O) groups is 1. The van der Waals surface area contributed by atoms with E-state index in [2.05, 4.69) is 9.80 Å². The minimum Gasteiger partial charge on any atom is -0.381 e. The third-order valence-corrected chi connectivity index (χ3v) is 7.11. The van der Waals surface area contributed by atoms with Gasteiger partial charge in [0.05, 0.1) is 6.61 Å². The van der Waals surface area contributed by atoms with Gasteiger partial charge in [0, 0.05) is 45.2 Å². The van der Waals surface area contributed by atoms with Crippen LogP contribution < -0.4 is 0 Å². The summed E-state index contributed by atoms with van der Waals surface area (Å²) < 4.78 is 5.49. The maximum absolute atomic E-state index is 13.0. The van der Waals surface area contributed by atoms with Crippen molar-refractivity contribution in [2.24, 2.45) is 23.7 Å². The monoisotopic (exact) mass is 334 g/mol. The Balaban J connectivity index is 1.24. The third-order valence-electron chi connectivity index (χ3n) is 7.11. The lowest BCUT2D eigenvalue weighted by Gasteiger charge is -2.42. The molecule has 0 aromatic rings. The standard InChI is InChI=1S/C20H34N2O2/c23-20(19-6-5-17-3-1-2-4-18(17)13-19)22-10-8-21(9-11-22)14-16-7-12-24-15-16/h16-19H,1-15H2/t16-,17-,18+,19+/m0/s1. The van der Waals surface area contributed by atoms with Crippen LogP contribution >= 0.6 is 0 Å². The molecule has 2 saturated carbocycles. The lowest BCUT2D eigenvalue weighted by molar-refractivity contribution is -0.139. The molecule has 4 rings (SSSR count). The van der Waals surface area contributed by atoms with E-state index in [1.54, 1.807) is 0 Å². The normalized spacial score (nSPS) is 38.1. The fourth-order valence-electron chi connectivity index (χ4n) is 5.60. The van der Waals surface area contributed by atoms with Gasteiger partial charge < -0.3 is 9.64 Å². The summed E-state index contributed by atoms with van der Waals surface area (Å²) in [7, 11) is 0. The molecule has 136 valence electrons. The van der Waals surface area contributed by atoms with Gasteiger partial charge in [-0.1, -0.05) is 25.7 Å². The van der Waals surface area contributed by atoms with Crippen LogP contribution in [-0.2, 0) is 9.53 Å². The average Bonchev–Trinajstić information content (AvgIpc) is 3.14. The summed E-state index contributed by atoms with van der Waals surface area (Å²) in [6.45, 7) is 7.03. The predicted molar refractivity (Wildman–Crippen MR) is 94.7 cm³/mol. The SMILES string of the molecule is O=C([C@@H]1CC[C@@H]2CCCC[C@@H]2C1)N1CCN(C[C@@H]2CCOC2)CC1. The molecule has 0 N–H and O–H groups in total.